The van der Waals surface area contributed by atoms with Crippen molar-refractivity contribution in [2.45, 2.75) is 6.92 Å². The third-order valence-corrected chi connectivity index (χ3v) is 2.13. The molecule has 0 saturated carbocycles. The van der Waals surface area contributed by atoms with Gasteiger partial charge >= 0.3 is 91.0 Å². The molecule has 0 aliphatic rings. The van der Waals surface area contributed by atoms with Crippen molar-refractivity contribution in [1.82, 2.24) is 10.4 Å². The van der Waals surface area contributed by atoms with Gasteiger partial charge in [0.25, 0.3) is 0 Å². The van der Waals surface area contributed by atoms with Gasteiger partial charge in [0.2, 0.25) is 0 Å². The van der Waals surface area contributed by atoms with Crippen LogP contribution in [0, 0.1) is 0 Å². The summed E-state index contributed by atoms with van der Waals surface area (Å²) in [6, 6.07) is 5.70. The molecule has 0 fully saturated rings. The summed E-state index contributed by atoms with van der Waals surface area (Å²) in [4.78, 5) is 8.04. The van der Waals surface area contributed by atoms with E-state index in [-0.39, 0.29) is 0 Å². The van der Waals surface area contributed by atoms with Crippen LogP contribution in [-0.2, 0) is 0 Å². The second-order valence-electron chi connectivity index (χ2n) is 2.55. The summed E-state index contributed by atoms with van der Waals surface area (Å²) in [5.41, 5.74) is 4.45. The monoisotopic (exact) mass is 255 g/mol. The zero-order valence-corrected chi connectivity index (χ0v) is 9.77. The Labute approximate surface area is 91.4 Å². The first-order chi connectivity index (χ1) is 6.74. The van der Waals surface area contributed by atoms with Crippen molar-refractivity contribution in [3.63, 3.8) is 0 Å². The Hall–Kier alpha value is -1.19. The molecule has 0 saturated heterocycles. The standard InChI is InChI=1S/C9H11N4Se/c1-7(12-13-9(14)10-2)8-5-3-4-6-11-8/h3-6H,1-2H3,(H,10,13). The van der Waals surface area contributed by atoms with E-state index in [1.807, 2.05) is 25.1 Å². The van der Waals surface area contributed by atoms with Gasteiger partial charge in [-0.3, -0.25) is 0 Å². The minimum absolute atomic E-state index is 0.653. The molecule has 0 atom stereocenters. The molecule has 1 N–H and O–H groups in total. The van der Waals surface area contributed by atoms with Crippen molar-refractivity contribution in [2.24, 2.45) is 10.1 Å². The topological polar surface area (TPSA) is 49.6 Å². The molecule has 73 valence electrons. The maximum atomic E-state index is 4.16. The van der Waals surface area contributed by atoms with E-state index >= 15 is 0 Å². The predicted molar refractivity (Wildman–Crippen MR) is 58.7 cm³/mol. The van der Waals surface area contributed by atoms with Crippen LogP contribution < -0.4 is 5.43 Å². The Morgan fingerprint density at radius 2 is 2.29 bits per heavy atom. The molecule has 0 aliphatic heterocycles. The van der Waals surface area contributed by atoms with E-state index < -0.39 is 0 Å². The summed E-state index contributed by atoms with van der Waals surface area (Å²) in [6.45, 7) is 1.89. The van der Waals surface area contributed by atoms with Crippen LogP contribution in [0.4, 0.5) is 0 Å². The predicted octanol–water partition coefficient (Wildman–Crippen LogP) is 0.550. The van der Waals surface area contributed by atoms with Crippen LogP contribution in [0.3, 0.4) is 0 Å². The van der Waals surface area contributed by atoms with Crippen LogP contribution in [0.1, 0.15) is 12.6 Å². The number of nitrogens with zero attached hydrogens (tertiary/aromatic N) is 3. The molecule has 1 aromatic rings. The van der Waals surface area contributed by atoms with E-state index in [4.69, 9.17) is 0 Å². The van der Waals surface area contributed by atoms with E-state index in [9.17, 15) is 0 Å². The van der Waals surface area contributed by atoms with Gasteiger partial charge in [-0.15, -0.1) is 0 Å². The number of nitrogens with one attached hydrogen (secondary N) is 1. The molecular weight excluding hydrogens is 243 g/mol. The fourth-order valence-corrected chi connectivity index (χ4v) is 0.911. The van der Waals surface area contributed by atoms with Gasteiger partial charge in [-0.05, 0) is 0 Å². The number of aromatic nitrogens is 1. The Morgan fingerprint density at radius 3 is 2.86 bits per heavy atom. The van der Waals surface area contributed by atoms with E-state index in [1.165, 1.54) is 0 Å². The SMILES string of the molecule is CN=C([Se])NN=C(C)c1ccccn1. The molecule has 1 rings (SSSR count). The number of rotatable bonds is 2. The molecule has 0 aromatic carbocycles. The van der Waals surface area contributed by atoms with Crippen LogP contribution in [-0.4, -0.2) is 38.5 Å². The number of amidine groups is 1. The molecule has 1 radical (unpaired) electrons. The van der Waals surface area contributed by atoms with Crippen molar-refractivity contribution >= 4 is 26.5 Å². The summed E-state index contributed by atoms with van der Waals surface area (Å²) in [7, 11) is 1.68. The van der Waals surface area contributed by atoms with E-state index in [2.05, 4.69) is 36.5 Å². The number of hydrazone groups is 1. The van der Waals surface area contributed by atoms with Gasteiger partial charge in [0.1, 0.15) is 0 Å². The molecule has 4 nitrogen and oxygen atoms in total. The third-order valence-electron chi connectivity index (χ3n) is 1.56. The summed E-state index contributed by atoms with van der Waals surface area (Å²) >= 11 is 2.74. The molecule has 5 heteroatoms. The first kappa shape index (κ1) is 10.9. The molecule has 0 aliphatic carbocycles. The molecular formula is C9H11N4Se. The van der Waals surface area contributed by atoms with Crippen molar-refractivity contribution in [2.75, 3.05) is 7.05 Å². The third kappa shape index (κ3) is 3.28. The van der Waals surface area contributed by atoms with Crippen LogP contribution in [0.5, 0.6) is 0 Å². The van der Waals surface area contributed by atoms with Gasteiger partial charge in [0.05, 0.1) is 0 Å². The molecule has 0 bridgehead atoms. The summed E-state index contributed by atoms with van der Waals surface area (Å²) in [5, 5.41) is 4.11. The van der Waals surface area contributed by atoms with Gasteiger partial charge in [-0.25, -0.2) is 0 Å². The summed E-state index contributed by atoms with van der Waals surface area (Å²) in [5.74, 6) is 0. The average Bonchev–Trinajstić information content (AvgIpc) is 2.26. The normalized spacial score (nSPS) is 12.7. The zero-order chi connectivity index (χ0) is 10.4. The second kappa shape index (κ2) is 5.52. The van der Waals surface area contributed by atoms with Gasteiger partial charge in [0.15, 0.2) is 0 Å². The Kier molecular flexibility index (Phi) is 4.29. The quantitative estimate of drug-likeness (QED) is 0.362. The van der Waals surface area contributed by atoms with Gasteiger partial charge < -0.3 is 0 Å². The molecule has 0 spiro atoms. The molecule has 1 heterocycles. The van der Waals surface area contributed by atoms with Gasteiger partial charge in [0, 0.05) is 0 Å². The number of aliphatic imine (C=N–C) groups is 1. The Morgan fingerprint density at radius 1 is 1.50 bits per heavy atom. The van der Waals surface area contributed by atoms with Crippen molar-refractivity contribution in [3.8, 4) is 0 Å². The molecule has 1 aromatic heterocycles. The zero-order valence-electron chi connectivity index (χ0n) is 8.06. The average molecular weight is 254 g/mol. The second-order valence-corrected chi connectivity index (χ2v) is 3.36. The number of hydrogen-bond acceptors (Lipinski definition) is 3. The number of hydrogen-bond donors (Lipinski definition) is 1. The van der Waals surface area contributed by atoms with Crippen LogP contribution in [0.25, 0.3) is 0 Å². The van der Waals surface area contributed by atoms with Crippen molar-refractivity contribution < 1.29 is 0 Å². The van der Waals surface area contributed by atoms with Crippen molar-refractivity contribution in [3.05, 3.63) is 30.1 Å². The van der Waals surface area contributed by atoms with Gasteiger partial charge in [-0.1, -0.05) is 0 Å². The van der Waals surface area contributed by atoms with E-state index in [1.54, 1.807) is 13.2 Å². The fourth-order valence-electron chi connectivity index (χ4n) is 0.816. The van der Waals surface area contributed by atoms with Crippen molar-refractivity contribution in [1.29, 1.82) is 0 Å². The minimum atomic E-state index is 0.653. The summed E-state index contributed by atoms with van der Waals surface area (Å²) in [6.07, 6.45) is 1.74. The van der Waals surface area contributed by atoms with Crippen LogP contribution in [0.2, 0.25) is 0 Å². The first-order valence-corrected chi connectivity index (χ1v) is 4.95. The van der Waals surface area contributed by atoms with E-state index in [0.29, 0.717) is 4.73 Å². The molecule has 0 amide bonds. The van der Waals surface area contributed by atoms with Crippen LogP contribution in [0.15, 0.2) is 34.5 Å². The Balaban J connectivity index is 2.71. The fraction of sp³-hybridized carbons (Fsp3) is 0.222. The van der Waals surface area contributed by atoms with Gasteiger partial charge in [-0.2, -0.15) is 0 Å². The molecule has 14 heavy (non-hydrogen) atoms. The molecule has 0 unspecified atom stereocenters. The number of pyridine rings is 1. The van der Waals surface area contributed by atoms with E-state index in [0.717, 1.165) is 11.4 Å². The Bertz CT molecular complexity index is 345. The summed E-state index contributed by atoms with van der Waals surface area (Å²) < 4.78 is 0.653. The first-order valence-electron chi connectivity index (χ1n) is 4.09. The van der Waals surface area contributed by atoms with Crippen LogP contribution >= 0.6 is 0 Å². The maximum absolute atomic E-state index is 4.16.